The Morgan fingerprint density at radius 2 is 2.00 bits per heavy atom. The predicted molar refractivity (Wildman–Crippen MR) is 63.9 cm³/mol. The molecule has 1 rings (SSSR count). The summed E-state index contributed by atoms with van der Waals surface area (Å²) in [7, 11) is 0. The van der Waals surface area contributed by atoms with Gasteiger partial charge in [-0.1, -0.05) is 0 Å². The van der Waals surface area contributed by atoms with Crippen LogP contribution in [0, 0.1) is 11.6 Å². The molecule has 0 saturated carbocycles. The predicted octanol–water partition coefficient (Wildman–Crippen LogP) is 0.907. The van der Waals surface area contributed by atoms with E-state index in [0.29, 0.717) is 0 Å². The lowest BCUT2D eigenvalue weighted by molar-refractivity contribution is 0.0525. The molecule has 1 aromatic rings. The summed E-state index contributed by atoms with van der Waals surface area (Å²) in [5.74, 6) is -2.77. The summed E-state index contributed by atoms with van der Waals surface area (Å²) in [6.07, 6.45) is -1.14. The van der Waals surface area contributed by atoms with Crippen molar-refractivity contribution in [1.29, 1.82) is 0 Å². The van der Waals surface area contributed by atoms with Crippen molar-refractivity contribution in [3.63, 3.8) is 0 Å². The van der Waals surface area contributed by atoms with Crippen molar-refractivity contribution in [2.45, 2.75) is 13.0 Å². The molecule has 1 unspecified atom stereocenters. The number of ether oxygens (including phenoxy) is 1. The number of esters is 1. The molecule has 0 heterocycles. The molecular formula is C12H15F2NO4. The van der Waals surface area contributed by atoms with Gasteiger partial charge in [-0.25, -0.2) is 13.6 Å². The summed E-state index contributed by atoms with van der Waals surface area (Å²) in [4.78, 5) is 11.3. The molecule has 0 amide bonds. The van der Waals surface area contributed by atoms with Crippen LogP contribution in [0.2, 0.25) is 0 Å². The Balaban J connectivity index is 2.88. The topological polar surface area (TPSA) is 78.8 Å². The van der Waals surface area contributed by atoms with Crippen LogP contribution in [0.5, 0.6) is 0 Å². The molecule has 0 radical (unpaired) electrons. The van der Waals surface area contributed by atoms with Crippen molar-refractivity contribution in [2.75, 3.05) is 25.1 Å². The molecule has 106 valence electrons. The third-order valence-corrected chi connectivity index (χ3v) is 2.28. The van der Waals surface area contributed by atoms with Gasteiger partial charge in [0.1, 0.15) is 17.3 Å². The van der Waals surface area contributed by atoms with Crippen LogP contribution >= 0.6 is 0 Å². The molecule has 3 N–H and O–H groups in total. The molecule has 5 nitrogen and oxygen atoms in total. The van der Waals surface area contributed by atoms with Crippen molar-refractivity contribution in [1.82, 2.24) is 0 Å². The first-order chi connectivity index (χ1) is 8.99. The number of hydrogen-bond donors (Lipinski definition) is 3. The average molecular weight is 275 g/mol. The normalized spacial score (nSPS) is 12.1. The molecule has 1 atom stereocenters. The summed E-state index contributed by atoms with van der Waals surface area (Å²) in [6, 6.07) is 1.68. The SMILES string of the molecule is CCOC(=O)c1cc(F)c(NCC(O)CO)c(F)c1. The highest BCUT2D eigenvalue weighted by Gasteiger charge is 2.16. The number of aliphatic hydroxyl groups is 2. The minimum absolute atomic E-state index is 0.102. The van der Waals surface area contributed by atoms with Crippen LogP contribution in [0.15, 0.2) is 12.1 Å². The Kier molecular flexibility index (Phi) is 5.65. The van der Waals surface area contributed by atoms with E-state index in [4.69, 9.17) is 10.2 Å². The minimum Gasteiger partial charge on any atom is -0.462 e. The molecule has 0 aromatic heterocycles. The standard InChI is InChI=1S/C12H15F2NO4/c1-2-19-12(18)7-3-9(13)11(10(14)4-7)15-5-8(17)6-16/h3-4,8,15-17H,2,5-6H2,1H3. The van der Waals surface area contributed by atoms with E-state index >= 15 is 0 Å². The molecule has 7 heteroatoms. The Labute approximate surface area is 108 Å². The van der Waals surface area contributed by atoms with E-state index in [1.165, 1.54) is 0 Å². The fourth-order valence-corrected chi connectivity index (χ4v) is 1.36. The maximum Gasteiger partial charge on any atom is 0.338 e. The highest BCUT2D eigenvalue weighted by atomic mass is 19.1. The molecule has 0 spiro atoms. The quantitative estimate of drug-likeness (QED) is 0.672. The van der Waals surface area contributed by atoms with Gasteiger partial charge in [0.15, 0.2) is 0 Å². The molecule has 0 aliphatic heterocycles. The van der Waals surface area contributed by atoms with E-state index in [1.807, 2.05) is 0 Å². The second-order valence-electron chi connectivity index (χ2n) is 3.75. The number of hydrogen-bond acceptors (Lipinski definition) is 5. The Morgan fingerprint density at radius 3 is 2.47 bits per heavy atom. The summed E-state index contributed by atoms with van der Waals surface area (Å²) < 4.78 is 31.9. The highest BCUT2D eigenvalue weighted by molar-refractivity contribution is 5.90. The Morgan fingerprint density at radius 1 is 1.42 bits per heavy atom. The van der Waals surface area contributed by atoms with E-state index < -0.39 is 36.0 Å². The van der Waals surface area contributed by atoms with Crippen molar-refractivity contribution < 1.29 is 28.5 Å². The first-order valence-corrected chi connectivity index (χ1v) is 5.68. The van der Waals surface area contributed by atoms with E-state index in [0.717, 1.165) is 12.1 Å². The van der Waals surface area contributed by atoms with Crippen LogP contribution in [-0.2, 0) is 4.74 Å². The van der Waals surface area contributed by atoms with Crippen molar-refractivity contribution >= 4 is 11.7 Å². The summed E-state index contributed by atoms with van der Waals surface area (Å²) >= 11 is 0. The molecule has 0 fully saturated rings. The zero-order valence-electron chi connectivity index (χ0n) is 10.3. The smallest absolute Gasteiger partial charge is 0.338 e. The van der Waals surface area contributed by atoms with E-state index in [1.54, 1.807) is 6.92 Å². The lowest BCUT2D eigenvalue weighted by Gasteiger charge is -2.12. The van der Waals surface area contributed by atoms with Gasteiger partial charge in [-0.15, -0.1) is 0 Å². The van der Waals surface area contributed by atoms with Crippen LogP contribution < -0.4 is 5.32 Å². The lowest BCUT2D eigenvalue weighted by atomic mass is 10.2. The fourth-order valence-electron chi connectivity index (χ4n) is 1.36. The third-order valence-electron chi connectivity index (χ3n) is 2.28. The van der Waals surface area contributed by atoms with Crippen molar-refractivity contribution in [3.05, 3.63) is 29.3 Å². The first kappa shape index (κ1) is 15.3. The van der Waals surface area contributed by atoms with E-state index in [2.05, 4.69) is 10.1 Å². The molecule has 1 aromatic carbocycles. The largest absolute Gasteiger partial charge is 0.462 e. The average Bonchev–Trinajstić information content (AvgIpc) is 2.37. The summed E-state index contributed by atoms with van der Waals surface area (Å²) in [5, 5.41) is 20.0. The third kappa shape index (κ3) is 4.15. The van der Waals surface area contributed by atoms with Crippen molar-refractivity contribution in [3.8, 4) is 0 Å². The zero-order chi connectivity index (χ0) is 14.4. The van der Waals surface area contributed by atoms with E-state index in [9.17, 15) is 13.6 Å². The first-order valence-electron chi connectivity index (χ1n) is 5.68. The second-order valence-corrected chi connectivity index (χ2v) is 3.75. The number of nitrogens with one attached hydrogen (secondary N) is 1. The Bertz CT molecular complexity index is 430. The Hall–Kier alpha value is -1.73. The lowest BCUT2D eigenvalue weighted by Crippen LogP contribution is -2.24. The second kappa shape index (κ2) is 7.01. The van der Waals surface area contributed by atoms with Crippen molar-refractivity contribution in [2.24, 2.45) is 0 Å². The number of carbonyl (C=O) groups is 1. The van der Waals surface area contributed by atoms with Crippen LogP contribution in [0.25, 0.3) is 0 Å². The highest BCUT2D eigenvalue weighted by Crippen LogP contribution is 2.21. The van der Waals surface area contributed by atoms with Crippen LogP contribution in [0.3, 0.4) is 0 Å². The number of benzene rings is 1. The summed E-state index contributed by atoms with van der Waals surface area (Å²) in [6.45, 7) is 0.932. The number of rotatable bonds is 6. The van der Waals surface area contributed by atoms with Gasteiger partial charge in [-0.3, -0.25) is 0 Å². The fraction of sp³-hybridized carbons (Fsp3) is 0.417. The van der Waals surface area contributed by atoms with Crippen LogP contribution in [-0.4, -0.2) is 42.0 Å². The molecular weight excluding hydrogens is 260 g/mol. The summed E-state index contributed by atoms with van der Waals surface area (Å²) in [5.41, 5.74) is -0.703. The number of anilines is 1. The van der Waals surface area contributed by atoms with Crippen LogP contribution in [0.4, 0.5) is 14.5 Å². The monoisotopic (exact) mass is 275 g/mol. The molecule has 0 aliphatic rings. The van der Waals surface area contributed by atoms with Gasteiger partial charge in [0, 0.05) is 6.54 Å². The number of carbonyl (C=O) groups excluding carboxylic acids is 1. The number of halogens is 2. The van der Waals surface area contributed by atoms with Gasteiger partial charge in [-0.05, 0) is 19.1 Å². The molecule has 0 bridgehead atoms. The maximum atomic E-state index is 13.6. The molecule has 0 saturated heterocycles. The van der Waals surface area contributed by atoms with Gasteiger partial charge >= 0.3 is 5.97 Å². The van der Waals surface area contributed by atoms with Gasteiger partial charge in [0.25, 0.3) is 0 Å². The van der Waals surface area contributed by atoms with E-state index in [-0.39, 0.29) is 18.7 Å². The zero-order valence-corrected chi connectivity index (χ0v) is 10.3. The van der Waals surface area contributed by atoms with Gasteiger partial charge in [-0.2, -0.15) is 0 Å². The van der Waals surface area contributed by atoms with Gasteiger partial charge in [0.05, 0.1) is 24.9 Å². The van der Waals surface area contributed by atoms with Gasteiger partial charge < -0.3 is 20.3 Å². The molecule has 19 heavy (non-hydrogen) atoms. The van der Waals surface area contributed by atoms with Gasteiger partial charge in [0.2, 0.25) is 0 Å². The van der Waals surface area contributed by atoms with Crippen LogP contribution in [0.1, 0.15) is 17.3 Å². The minimum atomic E-state index is -1.14. The number of aliphatic hydroxyl groups excluding tert-OH is 2. The molecule has 0 aliphatic carbocycles. The maximum absolute atomic E-state index is 13.6.